The number of aliphatic hydroxyl groups is 1. The molecule has 33 heavy (non-hydrogen) atoms. The van der Waals surface area contributed by atoms with Gasteiger partial charge in [0.15, 0.2) is 6.23 Å². The van der Waals surface area contributed by atoms with Crippen LogP contribution >= 0.6 is 0 Å². The maximum Gasteiger partial charge on any atom is 0.416 e. The van der Waals surface area contributed by atoms with E-state index in [1.54, 1.807) is 0 Å². The summed E-state index contributed by atoms with van der Waals surface area (Å²) in [6.45, 7) is -0.0854. The van der Waals surface area contributed by atoms with Gasteiger partial charge in [0.05, 0.1) is 24.3 Å². The van der Waals surface area contributed by atoms with Crippen molar-refractivity contribution >= 4 is 5.91 Å². The second-order valence-corrected chi connectivity index (χ2v) is 7.38. The summed E-state index contributed by atoms with van der Waals surface area (Å²) in [6, 6.07) is 0.497. The summed E-state index contributed by atoms with van der Waals surface area (Å²) in [5, 5.41) is 9.49. The molecular weight excluding hydrogens is 464 g/mol. The molecule has 1 aromatic heterocycles. The molecule has 0 spiro atoms. The Morgan fingerprint density at radius 1 is 1.09 bits per heavy atom. The van der Waals surface area contributed by atoms with Gasteiger partial charge in [-0.1, -0.05) is 0 Å². The van der Waals surface area contributed by atoms with Gasteiger partial charge in [0.25, 0.3) is 11.5 Å². The normalized spacial score (nSPS) is 19.6. The molecule has 0 aliphatic carbocycles. The Morgan fingerprint density at radius 3 is 2.18 bits per heavy atom. The number of rotatable bonds is 3. The highest BCUT2D eigenvalue weighted by Crippen LogP contribution is 2.36. The second-order valence-electron chi connectivity index (χ2n) is 7.38. The number of alkyl halides is 6. The van der Waals surface area contributed by atoms with Crippen LogP contribution in [-0.4, -0.2) is 51.3 Å². The van der Waals surface area contributed by atoms with Crippen molar-refractivity contribution in [2.75, 3.05) is 19.7 Å². The van der Waals surface area contributed by atoms with Gasteiger partial charge in [-0.3, -0.25) is 19.1 Å². The third kappa shape index (κ3) is 5.27. The molecule has 1 amide bonds. The number of carbonyl (C=O) groups excluding carboxylic acids is 1. The van der Waals surface area contributed by atoms with Crippen molar-refractivity contribution in [1.82, 2.24) is 14.5 Å². The summed E-state index contributed by atoms with van der Waals surface area (Å²) in [5.41, 5.74) is -5.68. The van der Waals surface area contributed by atoms with E-state index in [9.17, 15) is 45.8 Å². The van der Waals surface area contributed by atoms with Gasteiger partial charge in [0.2, 0.25) is 0 Å². The lowest BCUT2D eigenvalue weighted by atomic mass is 10.0. The molecule has 1 aromatic carbocycles. The molecule has 14 heteroatoms. The number of aryl methyl sites for hydroxylation is 1. The number of benzene rings is 1. The maximum atomic E-state index is 13.1. The lowest BCUT2D eigenvalue weighted by Crippen LogP contribution is -2.51. The number of halogens is 6. The first-order chi connectivity index (χ1) is 15.2. The van der Waals surface area contributed by atoms with E-state index in [2.05, 4.69) is 0 Å². The first-order valence-corrected chi connectivity index (χ1v) is 9.38. The molecule has 1 unspecified atom stereocenters. The first kappa shape index (κ1) is 24.5. The van der Waals surface area contributed by atoms with Crippen LogP contribution < -0.4 is 11.2 Å². The van der Waals surface area contributed by atoms with E-state index in [4.69, 9.17) is 4.74 Å². The van der Waals surface area contributed by atoms with Crippen LogP contribution in [0.15, 0.2) is 34.0 Å². The molecule has 2 heterocycles. The van der Waals surface area contributed by atoms with Crippen molar-refractivity contribution in [1.29, 1.82) is 0 Å². The summed E-state index contributed by atoms with van der Waals surface area (Å²) >= 11 is 0. The number of ether oxygens (including phenoxy) is 1. The Balaban J connectivity index is 2.02. The van der Waals surface area contributed by atoms with Crippen LogP contribution in [0.3, 0.4) is 0 Å². The molecule has 3 rings (SSSR count). The van der Waals surface area contributed by atoms with Crippen LogP contribution in [0.4, 0.5) is 26.3 Å². The van der Waals surface area contributed by atoms with Crippen molar-refractivity contribution in [2.24, 2.45) is 0 Å². The Bertz CT molecular complexity index is 1140. The number of nitrogens with zero attached hydrogens (tertiary/aromatic N) is 2. The molecule has 1 aliphatic rings. The number of amides is 1. The maximum absolute atomic E-state index is 13.1. The number of aliphatic hydroxyl groups excluding tert-OH is 1. The molecule has 1 fully saturated rings. The smallest absolute Gasteiger partial charge is 0.394 e. The number of aromatic nitrogens is 2. The predicted octanol–water partition coefficient (Wildman–Crippen LogP) is 1.91. The van der Waals surface area contributed by atoms with Crippen LogP contribution in [0.1, 0.15) is 33.3 Å². The monoisotopic (exact) mass is 481 g/mol. The zero-order chi connectivity index (χ0) is 24.7. The van der Waals surface area contributed by atoms with Crippen molar-refractivity contribution < 1.29 is 41.0 Å². The van der Waals surface area contributed by atoms with Crippen molar-refractivity contribution in [3.63, 3.8) is 0 Å². The van der Waals surface area contributed by atoms with Gasteiger partial charge < -0.3 is 14.7 Å². The minimum absolute atomic E-state index is 0.0991. The van der Waals surface area contributed by atoms with Gasteiger partial charge in [0.1, 0.15) is 6.10 Å². The second kappa shape index (κ2) is 8.67. The average molecular weight is 481 g/mol. The number of nitrogens with one attached hydrogen (secondary N) is 1. The Kier molecular flexibility index (Phi) is 6.44. The molecule has 1 aliphatic heterocycles. The van der Waals surface area contributed by atoms with Crippen molar-refractivity contribution in [2.45, 2.75) is 31.6 Å². The summed E-state index contributed by atoms with van der Waals surface area (Å²) in [6.07, 6.45) is -11.5. The lowest BCUT2D eigenvalue weighted by molar-refractivity contribution is -0.143. The fraction of sp³-hybridized carbons (Fsp3) is 0.421. The fourth-order valence-electron chi connectivity index (χ4n) is 3.30. The van der Waals surface area contributed by atoms with Crippen LogP contribution in [0.5, 0.6) is 0 Å². The summed E-state index contributed by atoms with van der Waals surface area (Å²) in [7, 11) is 0. The number of H-pyrrole nitrogens is 1. The number of hydrogen-bond donors (Lipinski definition) is 2. The standard InChI is InChI=1S/C19H17F6N3O5/c1-9-5-28(17(32)26-15(9)30)14-7-27(6-13(8-29)33-14)16(31)10-2-11(18(20,21)22)4-12(3-10)19(23,24)25/h2-5,13-14,29H,6-8H2,1H3,(H,26,30,32)/t13-,14?/m0/s1. The Hall–Kier alpha value is -3.13. The van der Waals surface area contributed by atoms with Gasteiger partial charge in [-0.05, 0) is 25.1 Å². The summed E-state index contributed by atoms with van der Waals surface area (Å²) in [5.74, 6) is -1.19. The van der Waals surface area contributed by atoms with Crippen LogP contribution in [0, 0.1) is 6.92 Å². The molecule has 0 radical (unpaired) electrons. The predicted molar refractivity (Wildman–Crippen MR) is 99.4 cm³/mol. The van der Waals surface area contributed by atoms with E-state index in [-0.39, 0.29) is 18.2 Å². The highest BCUT2D eigenvalue weighted by atomic mass is 19.4. The minimum Gasteiger partial charge on any atom is -0.394 e. The molecule has 2 atom stereocenters. The molecule has 2 aromatic rings. The molecular formula is C19H17F6N3O5. The molecule has 2 N–H and O–H groups in total. The summed E-state index contributed by atoms with van der Waals surface area (Å²) in [4.78, 5) is 39.5. The van der Waals surface area contributed by atoms with Gasteiger partial charge in [-0.15, -0.1) is 0 Å². The number of aromatic amines is 1. The van der Waals surface area contributed by atoms with Gasteiger partial charge in [0, 0.05) is 23.9 Å². The Labute approximate surface area is 181 Å². The molecule has 0 saturated carbocycles. The zero-order valence-corrected chi connectivity index (χ0v) is 16.8. The first-order valence-electron chi connectivity index (χ1n) is 9.38. The number of hydrogen-bond acceptors (Lipinski definition) is 5. The molecule has 0 bridgehead atoms. The number of carbonyl (C=O) groups is 1. The van der Waals surface area contributed by atoms with E-state index in [1.807, 2.05) is 4.98 Å². The fourth-order valence-corrected chi connectivity index (χ4v) is 3.30. The molecule has 180 valence electrons. The summed E-state index contributed by atoms with van der Waals surface area (Å²) < 4.78 is 85.3. The van der Waals surface area contributed by atoms with Gasteiger partial charge in [-0.25, -0.2) is 4.79 Å². The van der Waals surface area contributed by atoms with Gasteiger partial charge in [-0.2, -0.15) is 26.3 Å². The highest BCUT2D eigenvalue weighted by Gasteiger charge is 2.39. The number of morpholine rings is 1. The van der Waals surface area contributed by atoms with E-state index in [1.165, 1.54) is 6.92 Å². The zero-order valence-electron chi connectivity index (χ0n) is 16.8. The minimum atomic E-state index is -5.14. The van der Waals surface area contributed by atoms with Crippen LogP contribution in [0.25, 0.3) is 0 Å². The van der Waals surface area contributed by atoms with Crippen molar-refractivity contribution in [3.8, 4) is 0 Å². The van der Waals surface area contributed by atoms with Crippen molar-refractivity contribution in [3.05, 3.63) is 67.5 Å². The van der Waals surface area contributed by atoms with E-state index >= 15 is 0 Å². The van der Waals surface area contributed by atoms with E-state index in [0.717, 1.165) is 15.7 Å². The van der Waals surface area contributed by atoms with Gasteiger partial charge >= 0.3 is 18.0 Å². The van der Waals surface area contributed by atoms with E-state index in [0.29, 0.717) is 12.1 Å². The third-order valence-electron chi connectivity index (χ3n) is 4.93. The SMILES string of the molecule is Cc1cn(C2CN(C(=O)c3cc(C(F)(F)F)cc(C(F)(F)F)c3)C[C@@H](CO)O2)c(=O)[nH]c1=O. The largest absolute Gasteiger partial charge is 0.416 e. The average Bonchev–Trinajstić information content (AvgIpc) is 2.73. The quantitative estimate of drug-likeness (QED) is 0.652. The van der Waals surface area contributed by atoms with Crippen LogP contribution in [-0.2, 0) is 17.1 Å². The molecule has 1 saturated heterocycles. The van der Waals surface area contributed by atoms with E-state index < -0.39 is 71.7 Å². The highest BCUT2D eigenvalue weighted by molar-refractivity contribution is 5.94. The Morgan fingerprint density at radius 2 is 1.67 bits per heavy atom. The molecule has 8 nitrogen and oxygen atoms in total. The van der Waals surface area contributed by atoms with Crippen LogP contribution in [0.2, 0.25) is 0 Å². The third-order valence-corrected chi connectivity index (χ3v) is 4.93. The lowest BCUT2D eigenvalue weighted by Gasteiger charge is -2.38. The topological polar surface area (TPSA) is 105 Å².